The molecule has 7 heteroatoms. The van der Waals surface area contributed by atoms with Crippen molar-refractivity contribution in [2.24, 2.45) is 0 Å². The lowest BCUT2D eigenvalue weighted by molar-refractivity contribution is 0.0702. The van der Waals surface area contributed by atoms with Gasteiger partial charge < -0.3 is 5.11 Å². The Morgan fingerprint density at radius 2 is 1.95 bits per heavy atom. The Balaban J connectivity index is 2.35. The van der Waals surface area contributed by atoms with Gasteiger partial charge in [-0.2, -0.15) is 0 Å². The van der Waals surface area contributed by atoms with Gasteiger partial charge in [-0.3, -0.25) is 4.72 Å². The highest BCUT2D eigenvalue weighted by molar-refractivity contribution is 7.92. The smallest absolute Gasteiger partial charge is 0.345 e. The summed E-state index contributed by atoms with van der Waals surface area (Å²) in [6.45, 7) is 3.94. The lowest BCUT2D eigenvalue weighted by atomic mass is 10.0. The molecule has 2 aromatic rings. The Hall–Kier alpha value is -1.86. The normalized spacial score (nSPS) is 11.6. The topological polar surface area (TPSA) is 83.5 Å². The highest BCUT2D eigenvalue weighted by Gasteiger charge is 2.20. The maximum atomic E-state index is 12.3. The van der Waals surface area contributed by atoms with E-state index in [4.69, 9.17) is 5.11 Å². The fourth-order valence-corrected chi connectivity index (χ4v) is 4.07. The number of carbonyl (C=O) groups is 1. The molecule has 2 N–H and O–H groups in total. The predicted octanol–water partition coefficient (Wildman–Crippen LogP) is 3.37. The number of carboxylic acids is 1. The molecule has 21 heavy (non-hydrogen) atoms. The quantitative estimate of drug-likeness (QED) is 0.883. The van der Waals surface area contributed by atoms with E-state index in [0.29, 0.717) is 5.69 Å². The second-order valence-electron chi connectivity index (χ2n) is 4.80. The number of nitrogens with one attached hydrogen (secondary N) is 1. The zero-order chi connectivity index (χ0) is 15.6. The van der Waals surface area contributed by atoms with E-state index in [9.17, 15) is 13.2 Å². The molecule has 0 unspecified atom stereocenters. The van der Waals surface area contributed by atoms with Crippen LogP contribution in [-0.4, -0.2) is 19.5 Å². The van der Waals surface area contributed by atoms with Gasteiger partial charge in [-0.25, -0.2) is 13.2 Å². The Morgan fingerprint density at radius 1 is 1.29 bits per heavy atom. The van der Waals surface area contributed by atoms with E-state index >= 15 is 0 Å². The molecule has 1 heterocycles. The number of para-hydroxylation sites is 1. The van der Waals surface area contributed by atoms with Gasteiger partial charge in [0.05, 0.1) is 10.6 Å². The number of aromatic carboxylic acids is 1. The predicted molar refractivity (Wildman–Crippen MR) is 82.6 cm³/mol. The molecular weight excluding hydrogens is 310 g/mol. The molecular formula is C14H15NO4S2. The van der Waals surface area contributed by atoms with Crippen molar-refractivity contribution in [3.63, 3.8) is 0 Å². The SMILES string of the molecule is CC(C)c1ccccc1NS(=O)(=O)c1csc(C(=O)O)c1. The van der Waals surface area contributed by atoms with Crippen molar-refractivity contribution in [1.82, 2.24) is 0 Å². The lowest BCUT2D eigenvalue weighted by Gasteiger charge is -2.14. The summed E-state index contributed by atoms with van der Waals surface area (Å²) in [5, 5.41) is 10.2. The highest BCUT2D eigenvalue weighted by Crippen LogP contribution is 2.27. The van der Waals surface area contributed by atoms with Crippen LogP contribution in [0.25, 0.3) is 0 Å². The van der Waals surface area contributed by atoms with Crippen LogP contribution in [0.1, 0.15) is 35.0 Å². The molecule has 0 amide bonds. The first-order valence-electron chi connectivity index (χ1n) is 6.25. The third-order valence-corrected chi connectivity index (χ3v) is 5.34. The van der Waals surface area contributed by atoms with Crippen LogP contribution in [0.2, 0.25) is 0 Å². The van der Waals surface area contributed by atoms with Gasteiger partial charge in [0.15, 0.2) is 0 Å². The number of hydrogen-bond acceptors (Lipinski definition) is 4. The molecule has 0 aliphatic carbocycles. The molecule has 0 aliphatic rings. The van der Waals surface area contributed by atoms with Gasteiger partial charge in [-0.15, -0.1) is 11.3 Å². The van der Waals surface area contributed by atoms with Gasteiger partial charge in [0.25, 0.3) is 10.0 Å². The molecule has 2 rings (SSSR count). The monoisotopic (exact) mass is 325 g/mol. The number of hydrogen-bond donors (Lipinski definition) is 2. The van der Waals surface area contributed by atoms with Gasteiger partial charge in [-0.05, 0) is 23.6 Å². The highest BCUT2D eigenvalue weighted by atomic mass is 32.2. The van der Waals surface area contributed by atoms with E-state index in [1.807, 2.05) is 26.0 Å². The summed E-state index contributed by atoms with van der Waals surface area (Å²) in [6.07, 6.45) is 0. The minimum Gasteiger partial charge on any atom is -0.477 e. The maximum absolute atomic E-state index is 12.3. The van der Waals surface area contributed by atoms with Crippen molar-refractivity contribution >= 4 is 33.0 Å². The van der Waals surface area contributed by atoms with Crippen LogP contribution in [0, 0.1) is 0 Å². The molecule has 1 aromatic carbocycles. The van der Waals surface area contributed by atoms with Crippen molar-refractivity contribution in [3.8, 4) is 0 Å². The van der Waals surface area contributed by atoms with E-state index < -0.39 is 16.0 Å². The first-order chi connectivity index (χ1) is 9.81. The summed E-state index contributed by atoms with van der Waals surface area (Å²) in [6, 6.07) is 8.31. The average Bonchev–Trinajstić information content (AvgIpc) is 2.89. The maximum Gasteiger partial charge on any atom is 0.345 e. The Labute approximate surface area is 127 Å². The van der Waals surface area contributed by atoms with E-state index in [0.717, 1.165) is 23.0 Å². The number of benzene rings is 1. The first-order valence-corrected chi connectivity index (χ1v) is 8.61. The summed E-state index contributed by atoms with van der Waals surface area (Å²) >= 11 is 0.887. The molecule has 0 spiro atoms. The molecule has 0 fully saturated rings. The van der Waals surface area contributed by atoms with Crippen LogP contribution in [-0.2, 0) is 10.0 Å². The van der Waals surface area contributed by atoms with Gasteiger partial charge in [0.1, 0.15) is 4.88 Å². The van der Waals surface area contributed by atoms with Crippen molar-refractivity contribution in [2.75, 3.05) is 4.72 Å². The van der Waals surface area contributed by atoms with Crippen molar-refractivity contribution in [3.05, 3.63) is 46.2 Å². The second kappa shape index (κ2) is 5.87. The van der Waals surface area contributed by atoms with Gasteiger partial charge in [0.2, 0.25) is 0 Å². The lowest BCUT2D eigenvalue weighted by Crippen LogP contribution is -2.14. The molecule has 0 atom stereocenters. The summed E-state index contributed by atoms with van der Waals surface area (Å²) < 4.78 is 27.2. The molecule has 0 aliphatic heterocycles. The second-order valence-corrected chi connectivity index (χ2v) is 7.39. The summed E-state index contributed by atoms with van der Waals surface area (Å²) in [5.41, 5.74) is 1.39. The zero-order valence-corrected chi connectivity index (χ0v) is 13.2. The number of anilines is 1. The Bertz CT molecular complexity index is 763. The Kier molecular flexibility index (Phi) is 4.34. The van der Waals surface area contributed by atoms with Crippen LogP contribution in [0.5, 0.6) is 0 Å². The van der Waals surface area contributed by atoms with Crippen molar-refractivity contribution in [2.45, 2.75) is 24.7 Å². The van der Waals surface area contributed by atoms with Crippen molar-refractivity contribution < 1.29 is 18.3 Å². The zero-order valence-electron chi connectivity index (χ0n) is 11.5. The molecule has 0 bridgehead atoms. The van der Waals surface area contributed by atoms with Crippen LogP contribution in [0.3, 0.4) is 0 Å². The number of carboxylic acid groups (broad SMARTS) is 1. The third kappa shape index (κ3) is 3.43. The summed E-state index contributed by atoms with van der Waals surface area (Å²) in [5.74, 6) is -0.968. The van der Waals surface area contributed by atoms with Crippen LogP contribution in [0.4, 0.5) is 5.69 Å². The van der Waals surface area contributed by atoms with E-state index in [1.165, 1.54) is 5.38 Å². The minimum atomic E-state index is -3.78. The third-order valence-electron chi connectivity index (χ3n) is 2.92. The van der Waals surface area contributed by atoms with Gasteiger partial charge in [-0.1, -0.05) is 32.0 Å². The molecule has 0 saturated carbocycles. The van der Waals surface area contributed by atoms with Crippen LogP contribution >= 0.6 is 11.3 Å². The first kappa shape index (κ1) is 15.5. The van der Waals surface area contributed by atoms with Crippen LogP contribution in [0.15, 0.2) is 40.6 Å². The van der Waals surface area contributed by atoms with Crippen LogP contribution < -0.4 is 4.72 Å². The van der Waals surface area contributed by atoms with Gasteiger partial charge >= 0.3 is 5.97 Å². The Morgan fingerprint density at radius 3 is 2.52 bits per heavy atom. The summed E-state index contributed by atoms with van der Waals surface area (Å²) in [7, 11) is -3.78. The molecule has 5 nitrogen and oxygen atoms in total. The minimum absolute atomic E-state index is 0.00693. The largest absolute Gasteiger partial charge is 0.477 e. The number of sulfonamides is 1. The molecule has 0 radical (unpaired) electrons. The van der Waals surface area contributed by atoms with E-state index in [1.54, 1.807) is 12.1 Å². The summed E-state index contributed by atoms with van der Waals surface area (Å²) in [4.78, 5) is 10.8. The number of rotatable bonds is 5. The van der Waals surface area contributed by atoms with E-state index in [2.05, 4.69) is 4.72 Å². The average molecular weight is 325 g/mol. The van der Waals surface area contributed by atoms with E-state index in [-0.39, 0.29) is 15.7 Å². The fourth-order valence-electron chi connectivity index (χ4n) is 1.87. The fraction of sp³-hybridized carbons (Fsp3) is 0.214. The molecule has 0 saturated heterocycles. The molecule has 1 aromatic heterocycles. The standard InChI is InChI=1S/C14H15NO4S2/c1-9(2)11-5-3-4-6-12(11)15-21(18,19)10-7-13(14(16)17)20-8-10/h3-9,15H,1-2H3,(H,16,17). The van der Waals surface area contributed by atoms with Gasteiger partial charge in [0, 0.05) is 5.38 Å². The van der Waals surface area contributed by atoms with Crippen molar-refractivity contribution in [1.29, 1.82) is 0 Å². The number of thiophene rings is 1. The molecule has 112 valence electrons.